The summed E-state index contributed by atoms with van der Waals surface area (Å²) in [5, 5.41) is 3.07. The molecule has 11 heteroatoms. The topological polar surface area (TPSA) is 106 Å². The van der Waals surface area contributed by atoms with Crippen molar-refractivity contribution < 1.29 is 23.6 Å². The van der Waals surface area contributed by atoms with Crippen LogP contribution in [0.4, 0.5) is 4.79 Å². The van der Waals surface area contributed by atoms with Gasteiger partial charge in [0, 0.05) is 12.1 Å². The fourth-order valence-electron chi connectivity index (χ4n) is 4.69. The first-order chi connectivity index (χ1) is 17.3. The zero-order chi connectivity index (χ0) is 27.1. The summed E-state index contributed by atoms with van der Waals surface area (Å²) >= 11 is 6.58. The molecule has 0 unspecified atom stereocenters. The summed E-state index contributed by atoms with van der Waals surface area (Å²) in [5.74, 6) is 0.358. The molecule has 200 valence electrons. The smallest absolute Gasteiger partial charge is 0.453 e. The molecule has 2 amide bonds. The Morgan fingerprint density at radius 2 is 1.81 bits per heavy atom. The first-order valence-electron chi connectivity index (χ1n) is 12.7. The van der Waals surface area contributed by atoms with E-state index in [4.69, 9.17) is 30.6 Å². The molecule has 2 aromatic rings. The number of carbonyl (C=O) groups excluding carboxylic acids is 2. The average Bonchev–Trinajstić information content (AvgIpc) is 3.52. The Kier molecular flexibility index (Phi) is 7.65. The fraction of sp³-hybridized carbons (Fsp3) is 0.577. The van der Waals surface area contributed by atoms with Gasteiger partial charge in [-0.25, -0.2) is 9.78 Å². The average molecular weight is 531 g/mol. The lowest BCUT2D eigenvalue weighted by Gasteiger charge is -2.32. The number of nitrogens with zero attached hydrogens (tertiary/aromatic N) is 2. The number of imidazole rings is 1. The Morgan fingerprint density at radius 1 is 1.19 bits per heavy atom. The Labute approximate surface area is 223 Å². The van der Waals surface area contributed by atoms with Crippen molar-refractivity contribution in [1.82, 2.24) is 20.2 Å². The number of benzene rings is 1. The number of nitrogens with one attached hydrogen (secondary N) is 2. The minimum Gasteiger partial charge on any atom is -0.453 e. The molecule has 37 heavy (non-hydrogen) atoms. The minimum atomic E-state index is -0.694. The zero-order valence-corrected chi connectivity index (χ0v) is 23.3. The molecule has 4 rings (SSSR count). The second-order valence-corrected chi connectivity index (χ2v) is 11.4. The summed E-state index contributed by atoms with van der Waals surface area (Å²) in [4.78, 5) is 35.0. The highest BCUT2D eigenvalue weighted by atomic mass is 35.5. The molecule has 2 atom stereocenters. The molecule has 3 heterocycles. The van der Waals surface area contributed by atoms with Gasteiger partial charge in [-0.1, -0.05) is 49.7 Å². The molecule has 1 aromatic carbocycles. The number of likely N-dealkylation sites (tertiary alicyclic amines) is 1. The lowest BCUT2D eigenvalue weighted by atomic mass is 9.79. The van der Waals surface area contributed by atoms with E-state index in [0.717, 1.165) is 23.9 Å². The van der Waals surface area contributed by atoms with Gasteiger partial charge in [0.05, 0.1) is 24.4 Å². The van der Waals surface area contributed by atoms with Crippen molar-refractivity contribution in [1.29, 1.82) is 0 Å². The maximum Gasteiger partial charge on any atom is 0.494 e. The monoisotopic (exact) mass is 530 g/mol. The summed E-state index contributed by atoms with van der Waals surface area (Å²) in [6.07, 6.45) is 0.949. The van der Waals surface area contributed by atoms with Crippen LogP contribution in [0.15, 0.2) is 24.3 Å². The third-order valence-electron chi connectivity index (χ3n) is 7.63. The Hall–Kier alpha value is -2.56. The first kappa shape index (κ1) is 27.5. The molecule has 0 aliphatic carbocycles. The number of rotatable bonds is 6. The highest BCUT2D eigenvalue weighted by Gasteiger charge is 2.51. The quantitative estimate of drug-likeness (QED) is 0.545. The van der Waals surface area contributed by atoms with E-state index in [9.17, 15) is 9.59 Å². The molecule has 0 bridgehead atoms. The van der Waals surface area contributed by atoms with Gasteiger partial charge in [0.1, 0.15) is 22.7 Å². The van der Waals surface area contributed by atoms with Gasteiger partial charge in [-0.3, -0.25) is 4.79 Å². The van der Waals surface area contributed by atoms with Crippen LogP contribution < -0.4 is 10.8 Å². The van der Waals surface area contributed by atoms with Gasteiger partial charge >= 0.3 is 13.2 Å². The highest BCUT2D eigenvalue weighted by molar-refractivity contribution is 6.62. The van der Waals surface area contributed by atoms with E-state index in [0.29, 0.717) is 23.2 Å². The van der Waals surface area contributed by atoms with Crippen LogP contribution >= 0.6 is 11.6 Å². The van der Waals surface area contributed by atoms with Crippen molar-refractivity contribution in [3.63, 3.8) is 0 Å². The number of hydrogen-bond donors (Lipinski definition) is 2. The number of methoxy groups -OCH3 is 1. The number of ether oxygens (including phenoxy) is 1. The molecule has 2 fully saturated rings. The predicted molar refractivity (Wildman–Crippen MR) is 143 cm³/mol. The van der Waals surface area contributed by atoms with Crippen LogP contribution in [0.25, 0.3) is 11.3 Å². The van der Waals surface area contributed by atoms with Crippen LogP contribution in [0.1, 0.15) is 66.3 Å². The SMILES string of the molecule is COC(=O)N[C@H](C(=O)N1CCC[C@H]1c1nc(-c2ccc(B3OC(C)(C)C(C)(C)O3)cc2)c(Cl)[nH]1)C(C)C. The van der Waals surface area contributed by atoms with Gasteiger partial charge in [0.15, 0.2) is 0 Å². The Bertz CT molecular complexity index is 1130. The third kappa shape index (κ3) is 5.37. The van der Waals surface area contributed by atoms with Gasteiger partial charge < -0.3 is 29.2 Å². The summed E-state index contributed by atoms with van der Waals surface area (Å²) in [6.45, 7) is 12.5. The van der Waals surface area contributed by atoms with Gasteiger partial charge in [0.2, 0.25) is 5.91 Å². The van der Waals surface area contributed by atoms with E-state index in [-0.39, 0.29) is 17.9 Å². The Morgan fingerprint density at radius 3 is 2.38 bits per heavy atom. The second-order valence-electron chi connectivity index (χ2n) is 11.0. The summed E-state index contributed by atoms with van der Waals surface area (Å²) in [6, 6.07) is 6.85. The number of H-pyrrole nitrogens is 1. The summed E-state index contributed by atoms with van der Waals surface area (Å²) < 4.78 is 17.0. The van der Waals surface area contributed by atoms with Crippen LogP contribution in [0.2, 0.25) is 5.15 Å². The molecular weight excluding hydrogens is 495 g/mol. The number of hydrogen-bond acceptors (Lipinski definition) is 6. The molecule has 2 aliphatic heterocycles. The van der Waals surface area contributed by atoms with Crippen LogP contribution in [0.3, 0.4) is 0 Å². The lowest BCUT2D eigenvalue weighted by Crippen LogP contribution is -2.51. The summed E-state index contributed by atoms with van der Waals surface area (Å²) in [5.41, 5.74) is 1.55. The van der Waals surface area contributed by atoms with E-state index >= 15 is 0 Å². The van der Waals surface area contributed by atoms with Crippen molar-refractivity contribution in [3.05, 3.63) is 35.2 Å². The number of aromatic nitrogens is 2. The molecule has 0 saturated carbocycles. The van der Waals surface area contributed by atoms with Crippen molar-refractivity contribution in [3.8, 4) is 11.3 Å². The lowest BCUT2D eigenvalue weighted by molar-refractivity contribution is -0.135. The fourth-order valence-corrected chi connectivity index (χ4v) is 4.94. The largest absolute Gasteiger partial charge is 0.494 e. The third-order valence-corrected chi connectivity index (χ3v) is 7.90. The van der Waals surface area contributed by atoms with Crippen molar-refractivity contribution in [2.75, 3.05) is 13.7 Å². The number of aromatic amines is 1. The normalized spacial score (nSPS) is 21.4. The molecule has 0 spiro atoms. The van der Waals surface area contributed by atoms with Crippen molar-refractivity contribution >= 4 is 36.2 Å². The van der Waals surface area contributed by atoms with Crippen LogP contribution in [-0.4, -0.2) is 64.9 Å². The molecule has 0 radical (unpaired) electrons. The number of amides is 2. The number of halogens is 1. The maximum absolute atomic E-state index is 13.4. The van der Waals surface area contributed by atoms with E-state index in [1.807, 2.05) is 65.8 Å². The van der Waals surface area contributed by atoms with E-state index in [1.165, 1.54) is 7.11 Å². The second kappa shape index (κ2) is 10.3. The number of alkyl carbamates (subject to hydrolysis) is 1. The van der Waals surface area contributed by atoms with Gasteiger partial charge in [-0.2, -0.15) is 0 Å². The van der Waals surface area contributed by atoms with E-state index in [2.05, 4.69) is 10.3 Å². The van der Waals surface area contributed by atoms with Crippen LogP contribution in [-0.2, 0) is 18.8 Å². The van der Waals surface area contributed by atoms with Crippen LogP contribution in [0, 0.1) is 5.92 Å². The molecule has 2 aliphatic rings. The van der Waals surface area contributed by atoms with Gasteiger partial charge in [0.25, 0.3) is 0 Å². The van der Waals surface area contributed by atoms with E-state index in [1.54, 1.807) is 4.90 Å². The Balaban J connectivity index is 1.53. The van der Waals surface area contributed by atoms with Crippen molar-refractivity contribution in [2.45, 2.75) is 77.7 Å². The molecule has 2 saturated heterocycles. The number of carbonyl (C=O) groups is 2. The predicted octanol–water partition coefficient (Wildman–Crippen LogP) is 4.07. The van der Waals surface area contributed by atoms with Gasteiger partial charge in [-0.05, 0) is 51.9 Å². The van der Waals surface area contributed by atoms with Crippen molar-refractivity contribution in [2.24, 2.45) is 5.92 Å². The highest BCUT2D eigenvalue weighted by Crippen LogP contribution is 2.37. The molecule has 9 nitrogen and oxygen atoms in total. The zero-order valence-electron chi connectivity index (χ0n) is 22.6. The maximum atomic E-state index is 13.4. The van der Waals surface area contributed by atoms with Crippen LogP contribution in [0.5, 0.6) is 0 Å². The summed E-state index contributed by atoms with van der Waals surface area (Å²) in [7, 11) is 0.833. The molecular formula is C26H36BClN4O5. The van der Waals surface area contributed by atoms with E-state index < -0.39 is 30.5 Å². The first-order valence-corrected chi connectivity index (χ1v) is 13.1. The molecule has 1 aromatic heterocycles. The molecule has 2 N–H and O–H groups in total. The van der Waals surface area contributed by atoms with Gasteiger partial charge in [-0.15, -0.1) is 0 Å². The standard InChI is InChI=1S/C26H36BClN4O5/c1-15(2)19(30-24(34)35-7)23(33)32-14-8-9-18(32)22-29-20(21(28)31-22)16-10-12-17(13-11-16)27-36-25(3,4)26(5,6)37-27/h10-13,15,18-19H,8-9,14H2,1-7H3,(H,29,31)(H,30,34)/t18-,19-/m0/s1. The minimum absolute atomic E-state index is 0.105.